The number of benzene rings is 3. The topological polar surface area (TPSA) is 88.7 Å². The Labute approximate surface area is 204 Å². The summed E-state index contributed by atoms with van der Waals surface area (Å²) in [7, 11) is 0. The molecule has 0 aromatic heterocycles. The van der Waals surface area contributed by atoms with Crippen LogP contribution in [0.15, 0.2) is 78.9 Å². The van der Waals surface area contributed by atoms with Gasteiger partial charge in [-0.15, -0.1) is 0 Å². The van der Waals surface area contributed by atoms with E-state index in [2.05, 4.69) is 23.1 Å². The fourth-order valence-corrected chi connectivity index (χ4v) is 3.08. The van der Waals surface area contributed by atoms with Crippen LogP contribution in [0.1, 0.15) is 46.0 Å². The first-order chi connectivity index (χ1) is 16.6. The molecule has 2 amide bonds. The van der Waals surface area contributed by atoms with E-state index in [0.717, 1.165) is 18.4 Å². The monoisotopic (exact) mass is 477 g/mol. The van der Waals surface area contributed by atoms with Gasteiger partial charge in [-0.3, -0.25) is 25.8 Å². The number of para-hydroxylation sites is 1. The van der Waals surface area contributed by atoms with Crippen LogP contribution in [-0.4, -0.2) is 23.5 Å². The number of thiocarbonyl (C=S) groups is 1. The van der Waals surface area contributed by atoms with Crippen molar-refractivity contribution >= 4 is 29.1 Å². The van der Waals surface area contributed by atoms with Crippen LogP contribution in [0.4, 0.5) is 0 Å². The highest BCUT2D eigenvalue weighted by Gasteiger charge is 2.14. The molecule has 0 radical (unpaired) electrons. The average Bonchev–Trinajstić information content (AvgIpc) is 2.87. The Kier molecular flexibility index (Phi) is 9.42. The highest BCUT2D eigenvalue weighted by atomic mass is 32.1. The van der Waals surface area contributed by atoms with Gasteiger partial charge in [0.15, 0.2) is 5.11 Å². The summed E-state index contributed by atoms with van der Waals surface area (Å²) in [4.78, 5) is 25.0. The summed E-state index contributed by atoms with van der Waals surface area (Å²) in [6, 6.07) is 23.4. The zero-order chi connectivity index (χ0) is 24.2. The van der Waals surface area contributed by atoms with Gasteiger partial charge in [0.05, 0.1) is 12.2 Å². The largest absolute Gasteiger partial charge is 0.493 e. The molecule has 0 aliphatic heterocycles. The maximum Gasteiger partial charge on any atom is 0.269 e. The van der Waals surface area contributed by atoms with Crippen molar-refractivity contribution in [2.24, 2.45) is 0 Å². The van der Waals surface area contributed by atoms with E-state index in [1.54, 1.807) is 48.5 Å². The molecule has 3 aromatic carbocycles. The Hall–Kier alpha value is -3.91. The number of unbranched alkanes of at least 4 members (excludes halogenated alkanes) is 1. The number of carbonyl (C=O) groups excluding carboxylic acids is 2. The van der Waals surface area contributed by atoms with Crippen LogP contribution in [-0.2, 0) is 6.61 Å². The fourth-order valence-electron chi connectivity index (χ4n) is 2.94. The lowest BCUT2D eigenvalue weighted by molar-refractivity contribution is 0.0933. The van der Waals surface area contributed by atoms with Gasteiger partial charge in [-0.1, -0.05) is 55.8 Å². The molecule has 0 aliphatic carbocycles. The minimum atomic E-state index is -0.432. The molecule has 3 rings (SSSR count). The van der Waals surface area contributed by atoms with E-state index in [0.29, 0.717) is 35.8 Å². The summed E-state index contributed by atoms with van der Waals surface area (Å²) >= 11 is 5.13. The third kappa shape index (κ3) is 7.60. The first-order valence-electron chi connectivity index (χ1n) is 11.0. The molecule has 0 saturated heterocycles. The van der Waals surface area contributed by atoms with Gasteiger partial charge in [0.2, 0.25) is 0 Å². The molecule has 8 heteroatoms. The fraction of sp³-hybridized carbons (Fsp3) is 0.192. The number of nitrogens with one attached hydrogen (secondary N) is 3. The van der Waals surface area contributed by atoms with E-state index in [1.165, 1.54) is 0 Å². The van der Waals surface area contributed by atoms with E-state index in [9.17, 15) is 9.59 Å². The number of amides is 2. The zero-order valence-corrected chi connectivity index (χ0v) is 19.7. The minimum Gasteiger partial charge on any atom is -0.493 e. The van der Waals surface area contributed by atoms with Crippen LogP contribution in [0.5, 0.6) is 11.5 Å². The third-order valence-electron chi connectivity index (χ3n) is 4.77. The highest BCUT2D eigenvalue weighted by Crippen LogP contribution is 2.18. The van der Waals surface area contributed by atoms with Crippen molar-refractivity contribution in [2.45, 2.75) is 26.4 Å². The minimum absolute atomic E-state index is 0.0375. The lowest BCUT2D eigenvalue weighted by atomic mass is 10.2. The standard InChI is InChI=1S/C26H27N3O4S/c1-2-3-17-32-23-12-8-7-11-22(23)25(31)27-26(34)29-28-24(30)20-13-15-21(16-14-20)33-18-19-9-5-4-6-10-19/h4-16H,2-3,17-18H2,1H3,(H,28,30)(H2,27,29,31,34). The summed E-state index contributed by atoms with van der Waals surface area (Å²) in [5, 5.41) is 2.50. The molecular formula is C26H27N3O4S. The number of hydrazine groups is 1. The normalized spacial score (nSPS) is 10.1. The molecule has 3 N–H and O–H groups in total. The molecule has 7 nitrogen and oxygen atoms in total. The second-order valence-electron chi connectivity index (χ2n) is 7.36. The van der Waals surface area contributed by atoms with E-state index in [4.69, 9.17) is 21.7 Å². The first-order valence-corrected chi connectivity index (χ1v) is 11.4. The van der Waals surface area contributed by atoms with E-state index in [1.807, 2.05) is 30.3 Å². The summed E-state index contributed by atoms with van der Waals surface area (Å²) in [5.41, 5.74) is 6.84. The molecule has 0 heterocycles. The number of hydrogen-bond acceptors (Lipinski definition) is 5. The molecule has 0 saturated carbocycles. The van der Waals surface area contributed by atoms with Crippen LogP contribution in [0, 0.1) is 0 Å². The number of ether oxygens (including phenoxy) is 2. The van der Waals surface area contributed by atoms with Crippen molar-refractivity contribution in [3.63, 3.8) is 0 Å². The SMILES string of the molecule is CCCCOc1ccccc1C(=O)NC(=S)NNC(=O)c1ccc(OCc2ccccc2)cc1. The molecule has 0 atom stereocenters. The summed E-state index contributed by atoms with van der Waals surface area (Å²) in [6.07, 6.45) is 1.88. The van der Waals surface area contributed by atoms with Crippen molar-refractivity contribution < 1.29 is 19.1 Å². The Morgan fingerprint density at radius 2 is 1.53 bits per heavy atom. The van der Waals surface area contributed by atoms with Crippen molar-refractivity contribution in [1.29, 1.82) is 0 Å². The Morgan fingerprint density at radius 3 is 2.26 bits per heavy atom. The predicted octanol–water partition coefficient (Wildman–Crippen LogP) is 4.39. The van der Waals surface area contributed by atoms with Gasteiger partial charge in [-0.05, 0) is 60.6 Å². The van der Waals surface area contributed by atoms with Crippen molar-refractivity contribution in [3.05, 3.63) is 95.6 Å². The first kappa shape index (κ1) is 24.7. The van der Waals surface area contributed by atoms with Gasteiger partial charge in [-0.25, -0.2) is 0 Å². The van der Waals surface area contributed by atoms with Gasteiger partial charge < -0.3 is 9.47 Å². The molecular weight excluding hydrogens is 450 g/mol. The summed E-state index contributed by atoms with van der Waals surface area (Å²) < 4.78 is 11.4. The van der Waals surface area contributed by atoms with E-state index < -0.39 is 11.8 Å². The smallest absolute Gasteiger partial charge is 0.269 e. The number of hydrogen-bond donors (Lipinski definition) is 3. The molecule has 3 aromatic rings. The van der Waals surface area contributed by atoms with Gasteiger partial charge in [-0.2, -0.15) is 0 Å². The molecule has 0 fully saturated rings. The second-order valence-corrected chi connectivity index (χ2v) is 7.77. The molecule has 0 unspecified atom stereocenters. The van der Waals surface area contributed by atoms with Gasteiger partial charge in [0, 0.05) is 5.56 Å². The maximum atomic E-state index is 12.6. The number of carbonyl (C=O) groups is 2. The molecule has 0 spiro atoms. The average molecular weight is 478 g/mol. The Morgan fingerprint density at radius 1 is 0.824 bits per heavy atom. The molecule has 0 aliphatic rings. The van der Waals surface area contributed by atoms with Crippen LogP contribution in [0.2, 0.25) is 0 Å². The van der Waals surface area contributed by atoms with Gasteiger partial charge in [0.1, 0.15) is 18.1 Å². The molecule has 0 bridgehead atoms. The molecule has 176 valence electrons. The van der Waals surface area contributed by atoms with Crippen LogP contribution < -0.4 is 25.6 Å². The highest BCUT2D eigenvalue weighted by molar-refractivity contribution is 7.80. The van der Waals surface area contributed by atoms with Crippen LogP contribution >= 0.6 is 12.2 Å². The lowest BCUT2D eigenvalue weighted by Gasteiger charge is -2.13. The maximum absolute atomic E-state index is 12.6. The summed E-state index contributed by atoms with van der Waals surface area (Å²) in [6.45, 7) is 3.03. The second kappa shape index (κ2) is 13.0. The van der Waals surface area contributed by atoms with Crippen molar-refractivity contribution in [3.8, 4) is 11.5 Å². The van der Waals surface area contributed by atoms with Crippen molar-refractivity contribution in [2.75, 3.05) is 6.61 Å². The zero-order valence-electron chi connectivity index (χ0n) is 18.9. The third-order valence-corrected chi connectivity index (χ3v) is 4.97. The summed E-state index contributed by atoms with van der Waals surface area (Å²) in [5.74, 6) is 0.291. The van der Waals surface area contributed by atoms with Crippen molar-refractivity contribution in [1.82, 2.24) is 16.2 Å². The lowest BCUT2D eigenvalue weighted by Crippen LogP contribution is -2.48. The predicted molar refractivity (Wildman–Crippen MR) is 135 cm³/mol. The van der Waals surface area contributed by atoms with E-state index >= 15 is 0 Å². The van der Waals surface area contributed by atoms with Gasteiger partial charge >= 0.3 is 0 Å². The Balaban J connectivity index is 1.46. The quantitative estimate of drug-likeness (QED) is 0.241. The van der Waals surface area contributed by atoms with Crippen LogP contribution in [0.25, 0.3) is 0 Å². The van der Waals surface area contributed by atoms with E-state index in [-0.39, 0.29) is 5.11 Å². The van der Waals surface area contributed by atoms with Gasteiger partial charge in [0.25, 0.3) is 11.8 Å². The Bertz CT molecular complexity index is 1100. The molecule has 34 heavy (non-hydrogen) atoms. The number of rotatable bonds is 9. The van der Waals surface area contributed by atoms with Crippen LogP contribution in [0.3, 0.4) is 0 Å².